The van der Waals surface area contributed by atoms with E-state index in [4.69, 9.17) is 9.47 Å². The highest BCUT2D eigenvalue weighted by molar-refractivity contribution is 6.10. The van der Waals surface area contributed by atoms with E-state index in [0.29, 0.717) is 54.3 Å². The van der Waals surface area contributed by atoms with Crippen LogP contribution < -0.4 is 4.74 Å². The van der Waals surface area contributed by atoms with Gasteiger partial charge in [-0.15, -0.1) is 0 Å². The number of hydrogen-bond acceptors (Lipinski definition) is 5. The number of ether oxygens (including phenoxy) is 2. The summed E-state index contributed by atoms with van der Waals surface area (Å²) in [5, 5.41) is 11.1. The first-order chi connectivity index (χ1) is 18.6. The van der Waals surface area contributed by atoms with Crippen molar-refractivity contribution in [2.24, 2.45) is 0 Å². The number of para-hydroxylation sites is 2. The summed E-state index contributed by atoms with van der Waals surface area (Å²) < 4.78 is 13.9. The lowest BCUT2D eigenvalue weighted by molar-refractivity contribution is 0.0140. The van der Waals surface area contributed by atoms with Crippen LogP contribution in [-0.4, -0.2) is 63.3 Å². The van der Waals surface area contributed by atoms with Crippen LogP contribution >= 0.6 is 0 Å². The molecule has 2 amide bonds. The summed E-state index contributed by atoms with van der Waals surface area (Å²) in [6, 6.07) is 22.2. The van der Waals surface area contributed by atoms with E-state index >= 15 is 0 Å². The minimum absolute atomic E-state index is 0.0876. The molecule has 0 unspecified atom stereocenters. The zero-order chi connectivity index (χ0) is 27.7. The number of hydrogen-bond donors (Lipinski definition) is 1. The SMILES string of the molecule is Cc1ccccc1Oc1c(C(=O)N2CCN(C(=O)OC(C)(C)C)CC2)c2ccc(O)cc2n1-c1ccccc1. The van der Waals surface area contributed by atoms with Gasteiger partial charge in [0.1, 0.15) is 22.7 Å². The number of phenols is 1. The maximum absolute atomic E-state index is 14.2. The van der Waals surface area contributed by atoms with Crippen LogP contribution in [0, 0.1) is 6.92 Å². The zero-order valence-corrected chi connectivity index (χ0v) is 22.7. The number of aromatic hydroxyl groups is 1. The minimum Gasteiger partial charge on any atom is -0.508 e. The monoisotopic (exact) mass is 527 g/mol. The Morgan fingerprint density at radius 2 is 1.49 bits per heavy atom. The maximum atomic E-state index is 14.2. The van der Waals surface area contributed by atoms with Crippen molar-refractivity contribution < 1.29 is 24.2 Å². The van der Waals surface area contributed by atoms with Gasteiger partial charge in [-0.3, -0.25) is 9.36 Å². The number of carbonyl (C=O) groups excluding carboxylic acids is 2. The number of carbonyl (C=O) groups is 2. The third-order valence-corrected chi connectivity index (χ3v) is 6.66. The van der Waals surface area contributed by atoms with Crippen LogP contribution in [0.25, 0.3) is 16.6 Å². The molecule has 0 spiro atoms. The van der Waals surface area contributed by atoms with Crippen LogP contribution in [0.3, 0.4) is 0 Å². The highest BCUT2D eigenvalue weighted by Gasteiger charge is 2.33. The lowest BCUT2D eigenvalue weighted by Crippen LogP contribution is -2.51. The van der Waals surface area contributed by atoms with E-state index < -0.39 is 5.60 Å². The molecule has 1 fully saturated rings. The average Bonchev–Trinajstić information content (AvgIpc) is 3.21. The molecule has 0 atom stereocenters. The summed E-state index contributed by atoms with van der Waals surface area (Å²) >= 11 is 0. The highest BCUT2D eigenvalue weighted by atomic mass is 16.6. The second-order valence-corrected chi connectivity index (χ2v) is 10.7. The van der Waals surface area contributed by atoms with E-state index in [-0.39, 0.29) is 17.7 Å². The maximum Gasteiger partial charge on any atom is 0.410 e. The quantitative estimate of drug-likeness (QED) is 0.345. The third-order valence-electron chi connectivity index (χ3n) is 6.66. The van der Waals surface area contributed by atoms with Gasteiger partial charge < -0.3 is 24.4 Å². The first-order valence-electron chi connectivity index (χ1n) is 13.1. The van der Waals surface area contributed by atoms with Gasteiger partial charge in [-0.2, -0.15) is 0 Å². The van der Waals surface area contributed by atoms with E-state index in [1.165, 1.54) is 0 Å². The van der Waals surface area contributed by atoms with Crippen LogP contribution in [0.2, 0.25) is 0 Å². The Morgan fingerprint density at radius 3 is 2.15 bits per heavy atom. The van der Waals surface area contributed by atoms with Crippen molar-refractivity contribution in [1.82, 2.24) is 14.4 Å². The molecule has 0 saturated carbocycles. The third kappa shape index (κ3) is 5.41. The topological polar surface area (TPSA) is 84.2 Å². The first kappa shape index (κ1) is 26.2. The van der Waals surface area contributed by atoms with Crippen LogP contribution in [0.4, 0.5) is 4.79 Å². The molecule has 0 bridgehead atoms. The number of amides is 2. The number of aryl methyl sites for hydroxylation is 1. The van der Waals surface area contributed by atoms with Gasteiger partial charge in [0, 0.05) is 43.3 Å². The van der Waals surface area contributed by atoms with Crippen LogP contribution in [0.1, 0.15) is 36.7 Å². The van der Waals surface area contributed by atoms with Crippen molar-refractivity contribution >= 4 is 22.9 Å². The minimum atomic E-state index is -0.587. The molecule has 202 valence electrons. The largest absolute Gasteiger partial charge is 0.508 e. The fraction of sp³-hybridized carbons (Fsp3) is 0.290. The normalized spacial score (nSPS) is 13.9. The molecule has 1 aromatic heterocycles. The zero-order valence-electron chi connectivity index (χ0n) is 22.7. The van der Waals surface area contributed by atoms with Gasteiger partial charge in [-0.25, -0.2) is 4.79 Å². The molecule has 1 saturated heterocycles. The van der Waals surface area contributed by atoms with Crippen molar-refractivity contribution in [3.63, 3.8) is 0 Å². The summed E-state index contributed by atoms with van der Waals surface area (Å²) in [5.41, 5.74) is 2.19. The summed E-state index contributed by atoms with van der Waals surface area (Å²) in [4.78, 5) is 30.1. The molecular weight excluding hydrogens is 494 g/mol. The number of piperazine rings is 1. The average molecular weight is 528 g/mol. The van der Waals surface area contributed by atoms with Gasteiger partial charge in [0.05, 0.1) is 5.52 Å². The molecule has 1 aliphatic heterocycles. The van der Waals surface area contributed by atoms with Gasteiger partial charge in [0.15, 0.2) is 0 Å². The smallest absolute Gasteiger partial charge is 0.410 e. The van der Waals surface area contributed by atoms with Gasteiger partial charge in [-0.05, 0) is 63.6 Å². The fourth-order valence-corrected chi connectivity index (χ4v) is 4.74. The second kappa shape index (κ2) is 10.4. The number of fused-ring (bicyclic) bond motifs is 1. The van der Waals surface area contributed by atoms with E-state index in [1.807, 2.05) is 86.9 Å². The molecular formula is C31H33N3O5. The Labute approximate surface area is 228 Å². The Morgan fingerprint density at radius 1 is 0.846 bits per heavy atom. The van der Waals surface area contributed by atoms with Gasteiger partial charge in [0.2, 0.25) is 5.88 Å². The molecule has 4 aromatic rings. The van der Waals surface area contributed by atoms with E-state index in [9.17, 15) is 14.7 Å². The molecule has 8 heteroatoms. The summed E-state index contributed by atoms with van der Waals surface area (Å²) in [6.45, 7) is 8.91. The summed E-state index contributed by atoms with van der Waals surface area (Å²) in [6.07, 6.45) is -0.380. The molecule has 2 heterocycles. The van der Waals surface area contributed by atoms with Crippen molar-refractivity contribution in [2.45, 2.75) is 33.3 Å². The Hall–Kier alpha value is -4.46. The molecule has 1 N–H and O–H groups in total. The number of benzene rings is 3. The number of nitrogens with zero attached hydrogens (tertiary/aromatic N) is 3. The molecule has 0 radical (unpaired) electrons. The molecule has 0 aliphatic carbocycles. The lowest BCUT2D eigenvalue weighted by atomic mass is 10.1. The number of rotatable bonds is 4. The predicted molar refractivity (Wildman–Crippen MR) is 150 cm³/mol. The van der Waals surface area contributed by atoms with Gasteiger partial charge in [-0.1, -0.05) is 36.4 Å². The van der Waals surface area contributed by atoms with Crippen molar-refractivity contribution in [2.75, 3.05) is 26.2 Å². The predicted octanol–water partition coefficient (Wildman–Crippen LogP) is 6.13. The van der Waals surface area contributed by atoms with Crippen LogP contribution in [0.15, 0.2) is 72.8 Å². The van der Waals surface area contributed by atoms with Crippen molar-refractivity contribution in [3.8, 4) is 23.1 Å². The Bertz CT molecular complexity index is 1510. The molecule has 1 aliphatic rings. The lowest BCUT2D eigenvalue weighted by Gasteiger charge is -2.35. The molecule has 5 rings (SSSR count). The highest BCUT2D eigenvalue weighted by Crippen LogP contribution is 2.40. The Kier molecular flexibility index (Phi) is 6.95. The number of aromatic nitrogens is 1. The van der Waals surface area contributed by atoms with Gasteiger partial charge in [0.25, 0.3) is 5.91 Å². The molecule has 8 nitrogen and oxygen atoms in total. The standard InChI is InChI=1S/C31H33N3O5/c1-21-10-8-9-13-26(21)38-29-27(28(36)32-16-18-33(19-17-32)30(37)39-31(2,3)4)24-15-14-23(35)20-25(24)34(29)22-11-6-5-7-12-22/h5-15,20,35H,16-19H2,1-4H3. The van der Waals surface area contributed by atoms with Crippen LogP contribution in [0.5, 0.6) is 17.4 Å². The van der Waals surface area contributed by atoms with E-state index in [2.05, 4.69) is 0 Å². The fourth-order valence-electron chi connectivity index (χ4n) is 4.74. The molecule has 3 aromatic carbocycles. The molecule has 39 heavy (non-hydrogen) atoms. The van der Waals surface area contributed by atoms with Crippen molar-refractivity contribution in [3.05, 3.63) is 83.9 Å². The van der Waals surface area contributed by atoms with Crippen molar-refractivity contribution in [1.29, 1.82) is 0 Å². The Balaban J connectivity index is 1.57. The van der Waals surface area contributed by atoms with E-state index in [0.717, 1.165) is 11.3 Å². The second-order valence-electron chi connectivity index (χ2n) is 10.7. The van der Waals surface area contributed by atoms with Gasteiger partial charge >= 0.3 is 6.09 Å². The van der Waals surface area contributed by atoms with Crippen LogP contribution in [-0.2, 0) is 4.74 Å². The summed E-state index contributed by atoms with van der Waals surface area (Å²) in [7, 11) is 0. The summed E-state index contributed by atoms with van der Waals surface area (Å²) in [5.74, 6) is 0.888. The van der Waals surface area contributed by atoms with E-state index in [1.54, 1.807) is 28.0 Å². The first-order valence-corrected chi connectivity index (χ1v) is 13.1. The number of phenolic OH excluding ortho intramolecular Hbond substituents is 1.